The van der Waals surface area contributed by atoms with Crippen LogP contribution in [0, 0.1) is 0 Å². The van der Waals surface area contributed by atoms with E-state index in [4.69, 9.17) is 0 Å². The van der Waals surface area contributed by atoms with E-state index < -0.39 is 7.26 Å². The summed E-state index contributed by atoms with van der Waals surface area (Å²) >= 11 is 0. The molecular formula is C22H21N2P. The molecule has 0 atom stereocenters. The fourth-order valence-corrected chi connectivity index (χ4v) is 8.16. The van der Waals surface area contributed by atoms with Gasteiger partial charge >= 0.3 is 149 Å². The zero-order valence-electron chi connectivity index (χ0n) is 14.0. The third-order valence-corrected chi connectivity index (χ3v) is 9.57. The second-order valence-corrected chi connectivity index (χ2v) is 10.1. The van der Waals surface area contributed by atoms with Crippen molar-refractivity contribution in [3.63, 3.8) is 0 Å². The molecule has 0 spiro atoms. The molecule has 4 rings (SSSR count). The molecule has 0 N–H and O–H groups in total. The Labute approximate surface area is 149 Å². The Morgan fingerprint density at radius 2 is 1.08 bits per heavy atom. The van der Waals surface area contributed by atoms with Crippen LogP contribution in [0.4, 0.5) is 0 Å². The summed E-state index contributed by atoms with van der Waals surface area (Å²) in [6.45, 7) is 0. The van der Waals surface area contributed by atoms with Crippen LogP contribution in [0.1, 0.15) is 0 Å². The van der Waals surface area contributed by atoms with E-state index in [1.54, 1.807) is 0 Å². The molecule has 0 aliphatic heterocycles. The monoisotopic (exact) mass is 344 g/mol. The van der Waals surface area contributed by atoms with Gasteiger partial charge in [-0.25, -0.2) is 0 Å². The van der Waals surface area contributed by atoms with E-state index in [-0.39, 0.29) is 0 Å². The maximum absolute atomic E-state index is 4.27. The van der Waals surface area contributed by atoms with Crippen molar-refractivity contribution >= 4 is 23.2 Å². The van der Waals surface area contributed by atoms with E-state index in [0.717, 1.165) is 6.29 Å². The maximum atomic E-state index is 4.27. The van der Waals surface area contributed by atoms with Gasteiger partial charge in [0.1, 0.15) is 0 Å². The zero-order chi connectivity index (χ0) is 17.0. The van der Waals surface area contributed by atoms with Crippen LogP contribution < -0.4 is 15.9 Å². The van der Waals surface area contributed by atoms with E-state index in [0.29, 0.717) is 0 Å². The van der Waals surface area contributed by atoms with Crippen molar-refractivity contribution in [2.24, 2.45) is 0 Å². The molecule has 3 aromatic carbocycles. The molecule has 0 unspecified atom stereocenters. The Morgan fingerprint density at radius 1 is 0.640 bits per heavy atom. The molecule has 0 radical (unpaired) electrons. The van der Waals surface area contributed by atoms with Gasteiger partial charge in [-0.2, -0.15) is 0 Å². The predicted molar refractivity (Wildman–Crippen MR) is 109 cm³/mol. The Bertz CT molecular complexity index is 808. The first-order valence-corrected chi connectivity index (χ1v) is 10.7. The normalized spacial score (nSPS) is 12.0. The summed E-state index contributed by atoms with van der Waals surface area (Å²) in [6.07, 6.45) is 6.79. The molecule has 4 aromatic rings. The Hall–Kier alpha value is -2.70. The summed E-state index contributed by atoms with van der Waals surface area (Å²) in [5.74, 6) is 0. The zero-order valence-corrected chi connectivity index (χ0v) is 15.0. The molecule has 124 valence electrons. The van der Waals surface area contributed by atoms with E-state index in [1.807, 2.05) is 12.5 Å². The van der Waals surface area contributed by atoms with Gasteiger partial charge in [-0.1, -0.05) is 0 Å². The van der Waals surface area contributed by atoms with E-state index in [1.165, 1.54) is 15.9 Å². The fourth-order valence-electron chi connectivity index (χ4n) is 3.60. The number of hydrogen-bond acceptors (Lipinski definition) is 1. The average Bonchev–Trinajstić information content (AvgIpc) is 3.21. The number of benzene rings is 3. The second-order valence-electron chi connectivity index (χ2n) is 6.24. The van der Waals surface area contributed by atoms with Crippen LogP contribution in [-0.2, 0) is 6.29 Å². The van der Waals surface area contributed by atoms with E-state index in [9.17, 15) is 0 Å². The van der Waals surface area contributed by atoms with Crippen molar-refractivity contribution in [3.05, 3.63) is 110 Å². The first-order chi connectivity index (χ1) is 12.4. The van der Waals surface area contributed by atoms with Crippen molar-refractivity contribution in [2.75, 3.05) is 0 Å². The number of rotatable bonds is 5. The van der Waals surface area contributed by atoms with Gasteiger partial charge in [-0.3, -0.25) is 0 Å². The quantitative estimate of drug-likeness (QED) is 0.506. The molecule has 0 aliphatic rings. The first-order valence-electron chi connectivity index (χ1n) is 8.52. The second kappa shape index (κ2) is 7.04. The summed E-state index contributed by atoms with van der Waals surface area (Å²) < 4.78 is 2.22. The number of nitrogens with zero attached hydrogens (tertiary/aromatic N) is 2. The van der Waals surface area contributed by atoms with Crippen LogP contribution in [0.25, 0.3) is 0 Å². The molecule has 1 aromatic heterocycles. The average molecular weight is 344 g/mol. The molecule has 1 heterocycles. The van der Waals surface area contributed by atoms with Gasteiger partial charge in [-0.15, -0.1) is 0 Å². The van der Waals surface area contributed by atoms with Gasteiger partial charge in [0.25, 0.3) is 0 Å². The summed E-state index contributed by atoms with van der Waals surface area (Å²) in [6, 6.07) is 32.9. The summed E-state index contributed by atoms with van der Waals surface area (Å²) in [4.78, 5) is 4.27. The minimum absolute atomic E-state index is 0.936. The third kappa shape index (κ3) is 3.01. The fraction of sp³-hybridized carbons (Fsp3) is 0.0455. The molecule has 3 heteroatoms. The van der Waals surface area contributed by atoms with Gasteiger partial charge in [0.2, 0.25) is 0 Å². The van der Waals surface area contributed by atoms with Crippen molar-refractivity contribution in [3.8, 4) is 0 Å². The molecule has 0 amide bonds. The first kappa shape index (κ1) is 15.8. The van der Waals surface area contributed by atoms with Crippen molar-refractivity contribution in [1.82, 2.24) is 9.55 Å². The van der Waals surface area contributed by atoms with Crippen molar-refractivity contribution in [1.29, 1.82) is 0 Å². The summed E-state index contributed by atoms with van der Waals surface area (Å²) in [7, 11) is -2.21. The van der Waals surface area contributed by atoms with Crippen molar-refractivity contribution < 1.29 is 0 Å². The molecule has 0 bridgehead atoms. The Morgan fingerprint density at radius 3 is 1.44 bits per heavy atom. The SMILES string of the molecule is c1ccc([PH](Cn2ccnc2)(c2ccccc2)c2ccccc2)cc1. The molecule has 0 aliphatic carbocycles. The van der Waals surface area contributed by atoms with Crippen molar-refractivity contribution in [2.45, 2.75) is 6.29 Å². The van der Waals surface area contributed by atoms with Crippen LogP contribution in [0.3, 0.4) is 0 Å². The standard InChI is InChI=1S/C22H21N2P/c1-4-10-20(11-5-1)25(19-24-17-16-23-18-24,21-12-6-2-7-13-21)22-14-8-3-9-15-22/h1-18,25H,19H2. The summed E-state index contributed by atoms with van der Waals surface area (Å²) in [5, 5.41) is 4.25. The molecule has 2 nitrogen and oxygen atoms in total. The van der Waals surface area contributed by atoms with Crippen LogP contribution in [0.15, 0.2) is 110 Å². The number of hydrogen-bond donors (Lipinski definition) is 0. The molecular weight excluding hydrogens is 323 g/mol. The predicted octanol–water partition coefficient (Wildman–Crippen LogP) is 3.57. The van der Waals surface area contributed by atoms with Crippen LogP contribution >= 0.6 is 7.26 Å². The third-order valence-electron chi connectivity index (χ3n) is 4.78. The Kier molecular flexibility index (Phi) is 4.45. The Balaban J connectivity index is 2.01. The van der Waals surface area contributed by atoms with Gasteiger partial charge in [0.15, 0.2) is 0 Å². The van der Waals surface area contributed by atoms with Gasteiger partial charge in [-0.05, 0) is 0 Å². The molecule has 0 fully saturated rings. The summed E-state index contributed by atoms with van der Waals surface area (Å²) in [5.41, 5.74) is 0. The molecule has 0 saturated heterocycles. The molecule has 0 saturated carbocycles. The van der Waals surface area contributed by atoms with Gasteiger partial charge in [0, 0.05) is 0 Å². The van der Waals surface area contributed by atoms with Crippen LogP contribution in [0.5, 0.6) is 0 Å². The minimum atomic E-state index is -2.21. The van der Waals surface area contributed by atoms with E-state index in [2.05, 4.69) is 107 Å². The number of imidazole rings is 1. The van der Waals surface area contributed by atoms with Gasteiger partial charge < -0.3 is 0 Å². The topological polar surface area (TPSA) is 17.8 Å². The van der Waals surface area contributed by atoms with Crippen LogP contribution in [0.2, 0.25) is 0 Å². The van der Waals surface area contributed by atoms with Gasteiger partial charge in [0.05, 0.1) is 0 Å². The number of aromatic nitrogens is 2. The molecule has 25 heavy (non-hydrogen) atoms. The van der Waals surface area contributed by atoms with E-state index >= 15 is 0 Å². The van der Waals surface area contributed by atoms with Crippen LogP contribution in [-0.4, -0.2) is 9.55 Å².